The molecular weight excluding hydrogens is 250 g/mol. The standard InChI is InChI=1S/C17H21NO2/c1-2-18-17(16-12-19-9-10-20-16)15-8-7-13-5-3-4-6-14(13)11-15/h3-8,11,16-18H,2,9-10,12H2,1H3. The van der Waals surface area contributed by atoms with Gasteiger partial charge in [0.15, 0.2) is 0 Å². The summed E-state index contributed by atoms with van der Waals surface area (Å²) in [6.45, 7) is 5.08. The highest BCUT2D eigenvalue weighted by molar-refractivity contribution is 5.83. The highest BCUT2D eigenvalue weighted by Gasteiger charge is 2.25. The van der Waals surface area contributed by atoms with Gasteiger partial charge in [-0.1, -0.05) is 43.3 Å². The molecular formula is C17H21NO2. The lowest BCUT2D eigenvalue weighted by Crippen LogP contribution is -2.40. The van der Waals surface area contributed by atoms with Crippen LogP contribution in [0.1, 0.15) is 18.5 Å². The zero-order valence-electron chi connectivity index (χ0n) is 11.8. The van der Waals surface area contributed by atoms with E-state index in [0.29, 0.717) is 19.8 Å². The second-order valence-electron chi connectivity index (χ2n) is 5.13. The van der Waals surface area contributed by atoms with Crippen LogP contribution in [0.4, 0.5) is 0 Å². The molecule has 1 fully saturated rings. The Balaban J connectivity index is 1.91. The Bertz CT molecular complexity index is 564. The van der Waals surface area contributed by atoms with Crippen molar-refractivity contribution in [1.29, 1.82) is 0 Å². The van der Waals surface area contributed by atoms with E-state index in [4.69, 9.17) is 9.47 Å². The maximum absolute atomic E-state index is 5.87. The van der Waals surface area contributed by atoms with Crippen LogP contribution in [0.3, 0.4) is 0 Å². The van der Waals surface area contributed by atoms with Crippen molar-refractivity contribution in [2.24, 2.45) is 0 Å². The van der Waals surface area contributed by atoms with E-state index in [1.165, 1.54) is 16.3 Å². The van der Waals surface area contributed by atoms with E-state index < -0.39 is 0 Å². The van der Waals surface area contributed by atoms with Gasteiger partial charge >= 0.3 is 0 Å². The lowest BCUT2D eigenvalue weighted by atomic mass is 9.98. The predicted molar refractivity (Wildman–Crippen MR) is 80.9 cm³/mol. The second-order valence-corrected chi connectivity index (χ2v) is 5.13. The van der Waals surface area contributed by atoms with Gasteiger partial charge in [-0.05, 0) is 28.9 Å². The number of fused-ring (bicyclic) bond motifs is 1. The van der Waals surface area contributed by atoms with Gasteiger partial charge in [0.1, 0.15) is 6.10 Å². The van der Waals surface area contributed by atoms with Gasteiger partial charge in [0.05, 0.1) is 25.9 Å². The summed E-state index contributed by atoms with van der Waals surface area (Å²) in [7, 11) is 0. The van der Waals surface area contributed by atoms with Crippen LogP contribution in [0.2, 0.25) is 0 Å². The quantitative estimate of drug-likeness (QED) is 0.927. The molecule has 1 heterocycles. The van der Waals surface area contributed by atoms with Gasteiger partial charge in [-0.3, -0.25) is 0 Å². The molecule has 1 N–H and O–H groups in total. The van der Waals surface area contributed by atoms with E-state index in [1.807, 2.05) is 0 Å². The summed E-state index contributed by atoms with van der Waals surface area (Å²) in [6, 6.07) is 15.2. The number of benzene rings is 2. The maximum atomic E-state index is 5.87. The van der Waals surface area contributed by atoms with E-state index in [9.17, 15) is 0 Å². The summed E-state index contributed by atoms with van der Waals surface area (Å²) in [5, 5.41) is 6.07. The van der Waals surface area contributed by atoms with Crippen molar-refractivity contribution in [2.45, 2.75) is 19.1 Å². The van der Waals surface area contributed by atoms with E-state index in [-0.39, 0.29) is 12.1 Å². The fourth-order valence-electron chi connectivity index (χ4n) is 2.78. The normalized spacial score (nSPS) is 20.9. The van der Waals surface area contributed by atoms with E-state index in [0.717, 1.165) is 6.54 Å². The fraction of sp³-hybridized carbons (Fsp3) is 0.412. The Kier molecular flexibility index (Phi) is 4.31. The summed E-state index contributed by atoms with van der Waals surface area (Å²) in [5.74, 6) is 0. The summed E-state index contributed by atoms with van der Waals surface area (Å²) in [5.41, 5.74) is 1.26. The van der Waals surface area contributed by atoms with Crippen molar-refractivity contribution in [1.82, 2.24) is 5.32 Å². The fourth-order valence-corrected chi connectivity index (χ4v) is 2.78. The molecule has 3 nitrogen and oxygen atoms in total. The minimum atomic E-state index is 0.0878. The van der Waals surface area contributed by atoms with Gasteiger partial charge in [0.25, 0.3) is 0 Å². The molecule has 0 aliphatic carbocycles. The molecule has 2 aromatic carbocycles. The molecule has 0 bridgehead atoms. The number of nitrogens with one attached hydrogen (secondary N) is 1. The molecule has 1 aliphatic heterocycles. The Labute approximate surface area is 119 Å². The first kappa shape index (κ1) is 13.6. The molecule has 0 saturated carbocycles. The Hall–Kier alpha value is -1.42. The highest BCUT2D eigenvalue weighted by Crippen LogP contribution is 2.25. The summed E-state index contributed by atoms with van der Waals surface area (Å²) >= 11 is 0. The molecule has 0 spiro atoms. The monoisotopic (exact) mass is 271 g/mol. The summed E-state index contributed by atoms with van der Waals surface area (Å²) in [6.07, 6.45) is 0.0878. The van der Waals surface area contributed by atoms with E-state index in [1.54, 1.807) is 0 Å². The molecule has 1 saturated heterocycles. The minimum Gasteiger partial charge on any atom is -0.376 e. The van der Waals surface area contributed by atoms with Crippen LogP contribution >= 0.6 is 0 Å². The molecule has 3 rings (SSSR count). The van der Waals surface area contributed by atoms with Crippen molar-refractivity contribution in [3.8, 4) is 0 Å². The third kappa shape index (κ3) is 2.85. The molecule has 106 valence electrons. The van der Waals surface area contributed by atoms with Crippen LogP contribution in [0.15, 0.2) is 42.5 Å². The molecule has 2 unspecified atom stereocenters. The maximum Gasteiger partial charge on any atom is 0.100 e. The SMILES string of the molecule is CCNC(c1ccc2ccccc2c1)C1COCCO1. The van der Waals surface area contributed by atoms with Gasteiger partial charge in [0, 0.05) is 0 Å². The predicted octanol–water partition coefficient (Wildman–Crippen LogP) is 2.91. The summed E-state index contributed by atoms with van der Waals surface area (Å²) in [4.78, 5) is 0. The number of hydrogen-bond acceptors (Lipinski definition) is 3. The second kappa shape index (κ2) is 6.35. The Morgan fingerprint density at radius 1 is 1.15 bits per heavy atom. The average molecular weight is 271 g/mol. The Morgan fingerprint density at radius 2 is 2.00 bits per heavy atom. The van der Waals surface area contributed by atoms with Gasteiger partial charge < -0.3 is 14.8 Å². The van der Waals surface area contributed by atoms with Gasteiger partial charge in [-0.2, -0.15) is 0 Å². The van der Waals surface area contributed by atoms with Crippen LogP contribution in [-0.2, 0) is 9.47 Å². The average Bonchev–Trinajstić information content (AvgIpc) is 2.53. The van der Waals surface area contributed by atoms with Crippen molar-refractivity contribution in [3.63, 3.8) is 0 Å². The molecule has 2 aromatic rings. The van der Waals surface area contributed by atoms with Crippen LogP contribution in [-0.4, -0.2) is 32.5 Å². The smallest absolute Gasteiger partial charge is 0.100 e. The van der Waals surface area contributed by atoms with Crippen LogP contribution in [0.25, 0.3) is 10.8 Å². The largest absolute Gasteiger partial charge is 0.376 e. The lowest BCUT2D eigenvalue weighted by molar-refractivity contribution is -0.102. The third-order valence-electron chi connectivity index (χ3n) is 3.77. The van der Waals surface area contributed by atoms with Gasteiger partial charge in [-0.25, -0.2) is 0 Å². The summed E-state index contributed by atoms with van der Waals surface area (Å²) < 4.78 is 11.4. The topological polar surface area (TPSA) is 30.5 Å². The first-order valence-corrected chi connectivity index (χ1v) is 7.30. The van der Waals surface area contributed by atoms with E-state index >= 15 is 0 Å². The minimum absolute atomic E-state index is 0.0878. The number of hydrogen-bond donors (Lipinski definition) is 1. The molecule has 0 radical (unpaired) electrons. The first-order chi connectivity index (χ1) is 9.88. The van der Waals surface area contributed by atoms with Gasteiger partial charge in [-0.15, -0.1) is 0 Å². The number of rotatable bonds is 4. The molecule has 0 aromatic heterocycles. The molecule has 3 heteroatoms. The lowest BCUT2D eigenvalue weighted by Gasteiger charge is -2.31. The molecule has 2 atom stereocenters. The third-order valence-corrected chi connectivity index (χ3v) is 3.77. The molecule has 1 aliphatic rings. The van der Waals surface area contributed by atoms with Crippen LogP contribution < -0.4 is 5.32 Å². The van der Waals surface area contributed by atoms with E-state index in [2.05, 4.69) is 54.7 Å². The number of likely N-dealkylation sites (N-methyl/N-ethyl adjacent to an activating group) is 1. The number of ether oxygens (including phenoxy) is 2. The van der Waals surface area contributed by atoms with Crippen molar-refractivity contribution < 1.29 is 9.47 Å². The first-order valence-electron chi connectivity index (χ1n) is 7.30. The molecule has 20 heavy (non-hydrogen) atoms. The van der Waals surface area contributed by atoms with Crippen molar-refractivity contribution in [3.05, 3.63) is 48.0 Å². The zero-order valence-corrected chi connectivity index (χ0v) is 11.8. The van der Waals surface area contributed by atoms with Crippen molar-refractivity contribution in [2.75, 3.05) is 26.4 Å². The van der Waals surface area contributed by atoms with Gasteiger partial charge in [0.2, 0.25) is 0 Å². The van der Waals surface area contributed by atoms with Crippen LogP contribution in [0.5, 0.6) is 0 Å². The van der Waals surface area contributed by atoms with Crippen molar-refractivity contribution >= 4 is 10.8 Å². The Morgan fingerprint density at radius 3 is 2.75 bits per heavy atom. The molecule has 0 amide bonds. The van der Waals surface area contributed by atoms with Crippen LogP contribution in [0, 0.1) is 0 Å². The highest BCUT2D eigenvalue weighted by atomic mass is 16.6. The zero-order chi connectivity index (χ0) is 13.8.